The standard InChI is InChI=1S/C24H30N2O3/c1-18-7-2-5-10-23(18)29-17-22(27)24(28)26-12-6-11-25(13-14-26)21-15-19-8-3-4-9-20(19)16-21/h2-5,7-10,21-22,27H,6,11-17H2,1H3. The normalized spacial score (nSPS) is 18.9. The molecule has 1 N–H and O–H groups in total. The molecule has 0 bridgehead atoms. The Kier molecular flexibility index (Phi) is 6.16. The zero-order valence-corrected chi connectivity index (χ0v) is 17.1. The average molecular weight is 395 g/mol. The molecule has 5 nitrogen and oxygen atoms in total. The first-order chi connectivity index (χ1) is 14.1. The molecule has 4 rings (SSSR count). The Morgan fingerprint density at radius 3 is 2.45 bits per heavy atom. The lowest BCUT2D eigenvalue weighted by Crippen LogP contribution is -2.44. The topological polar surface area (TPSA) is 53.0 Å². The molecule has 2 aliphatic rings. The van der Waals surface area contributed by atoms with Crippen LogP contribution in [0.15, 0.2) is 48.5 Å². The highest BCUT2D eigenvalue weighted by atomic mass is 16.5. The van der Waals surface area contributed by atoms with Crippen LogP contribution in [0, 0.1) is 6.92 Å². The van der Waals surface area contributed by atoms with Gasteiger partial charge in [0.15, 0.2) is 6.10 Å². The van der Waals surface area contributed by atoms with E-state index in [0.29, 0.717) is 24.9 Å². The molecule has 0 saturated carbocycles. The van der Waals surface area contributed by atoms with Crippen LogP contribution in [0.5, 0.6) is 5.75 Å². The highest BCUT2D eigenvalue weighted by molar-refractivity contribution is 5.80. The van der Waals surface area contributed by atoms with E-state index >= 15 is 0 Å². The Balaban J connectivity index is 1.29. The third-order valence-electron chi connectivity index (χ3n) is 6.16. The van der Waals surface area contributed by atoms with Crippen molar-refractivity contribution < 1.29 is 14.6 Å². The van der Waals surface area contributed by atoms with Gasteiger partial charge in [0.2, 0.25) is 0 Å². The molecule has 1 saturated heterocycles. The van der Waals surface area contributed by atoms with Crippen LogP contribution in [0.4, 0.5) is 0 Å². The van der Waals surface area contributed by atoms with Crippen LogP contribution in [0.2, 0.25) is 0 Å². The Morgan fingerprint density at radius 1 is 1.03 bits per heavy atom. The van der Waals surface area contributed by atoms with Crippen molar-refractivity contribution >= 4 is 5.91 Å². The van der Waals surface area contributed by atoms with Gasteiger partial charge in [-0.15, -0.1) is 0 Å². The molecule has 5 heteroatoms. The van der Waals surface area contributed by atoms with E-state index < -0.39 is 6.10 Å². The van der Waals surface area contributed by atoms with Crippen LogP contribution >= 0.6 is 0 Å². The molecule has 2 aromatic carbocycles. The summed E-state index contributed by atoms with van der Waals surface area (Å²) >= 11 is 0. The second-order valence-corrected chi connectivity index (χ2v) is 8.14. The minimum absolute atomic E-state index is 0.0121. The Hall–Kier alpha value is -2.37. The quantitative estimate of drug-likeness (QED) is 0.846. The first kappa shape index (κ1) is 19.9. The maximum absolute atomic E-state index is 12.7. The molecule has 0 aromatic heterocycles. The molecular weight excluding hydrogens is 364 g/mol. The van der Waals surface area contributed by atoms with Crippen molar-refractivity contribution in [1.82, 2.24) is 9.80 Å². The van der Waals surface area contributed by atoms with E-state index in [1.165, 1.54) is 11.1 Å². The Labute approximate surface area is 172 Å². The Bertz CT molecular complexity index is 829. The fraction of sp³-hybridized carbons (Fsp3) is 0.458. The van der Waals surface area contributed by atoms with E-state index in [4.69, 9.17) is 4.74 Å². The van der Waals surface area contributed by atoms with Crippen molar-refractivity contribution in [2.45, 2.75) is 38.3 Å². The van der Waals surface area contributed by atoms with Gasteiger partial charge < -0.3 is 14.7 Å². The van der Waals surface area contributed by atoms with E-state index in [1.54, 1.807) is 4.90 Å². The SMILES string of the molecule is Cc1ccccc1OCC(O)C(=O)N1CCCN(C2Cc3ccccc3C2)CC1. The number of aliphatic hydroxyl groups is 1. The van der Waals surface area contributed by atoms with Crippen LogP contribution in [-0.4, -0.2) is 65.7 Å². The molecule has 154 valence electrons. The monoisotopic (exact) mass is 394 g/mol. The fourth-order valence-electron chi connectivity index (χ4n) is 4.49. The second-order valence-electron chi connectivity index (χ2n) is 8.14. The van der Waals surface area contributed by atoms with Gasteiger partial charge in [-0.3, -0.25) is 9.69 Å². The van der Waals surface area contributed by atoms with Gasteiger partial charge in [0.05, 0.1) is 0 Å². The number of hydrogen-bond donors (Lipinski definition) is 1. The first-order valence-electron chi connectivity index (χ1n) is 10.6. The predicted octanol–water partition coefficient (Wildman–Crippen LogP) is 2.44. The third kappa shape index (κ3) is 4.62. The highest BCUT2D eigenvalue weighted by Gasteiger charge is 2.30. The lowest BCUT2D eigenvalue weighted by Gasteiger charge is -2.28. The zero-order valence-electron chi connectivity index (χ0n) is 17.1. The zero-order chi connectivity index (χ0) is 20.2. The minimum atomic E-state index is -1.13. The average Bonchev–Trinajstić information content (AvgIpc) is 3.02. The van der Waals surface area contributed by atoms with Crippen LogP contribution in [0.1, 0.15) is 23.1 Å². The number of fused-ring (bicyclic) bond motifs is 1. The summed E-state index contributed by atoms with van der Waals surface area (Å²) in [7, 11) is 0. The van der Waals surface area contributed by atoms with E-state index in [0.717, 1.165) is 37.9 Å². The second kappa shape index (κ2) is 8.97. The molecule has 1 fully saturated rings. The van der Waals surface area contributed by atoms with E-state index in [1.807, 2.05) is 31.2 Å². The number of benzene rings is 2. The summed E-state index contributed by atoms with van der Waals surface area (Å²) < 4.78 is 5.67. The fourth-order valence-corrected chi connectivity index (χ4v) is 4.49. The number of aryl methyl sites for hydroxylation is 1. The molecular formula is C24H30N2O3. The number of nitrogens with zero attached hydrogens (tertiary/aromatic N) is 2. The third-order valence-corrected chi connectivity index (χ3v) is 6.16. The van der Waals surface area contributed by atoms with E-state index in [9.17, 15) is 9.90 Å². The molecule has 1 aliphatic heterocycles. The van der Waals surface area contributed by atoms with Gasteiger partial charge in [-0.1, -0.05) is 42.5 Å². The molecule has 2 aromatic rings. The number of para-hydroxylation sites is 1. The molecule has 1 heterocycles. The summed E-state index contributed by atoms with van der Waals surface area (Å²) in [6.45, 7) is 5.15. The summed E-state index contributed by atoms with van der Waals surface area (Å²) in [5.41, 5.74) is 3.91. The number of aliphatic hydroxyl groups excluding tert-OH is 1. The number of ether oxygens (including phenoxy) is 1. The van der Waals surface area contributed by atoms with Crippen molar-refractivity contribution in [3.8, 4) is 5.75 Å². The lowest BCUT2D eigenvalue weighted by molar-refractivity contribution is -0.141. The van der Waals surface area contributed by atoms with Crippen molar-refractivity contribution in [2.75, 3.05) is 32.8 Å². The summed E-state index contributed by atoms with van der Waals surface area (Å²) in [5.74, 6) is 0.484. The summed E-state index contributed by atoms with van der Waals surface area (Å²) in [4.78, 5) is 17.1. The molecule has 1 unspecified atom stereocenters. The maximum atomic E-state index is 12.7. The number of carbonyl (C=O) groups is 1. The van der Waals surface area contributed by atoms with Gasteiger partial charge in [-0.25, -0.2) is 0 Å². The largest absolute Gasteiger partial charge is 0.490 e. The van der Waals surface area contributed by atoms with Crippen LogP contribution < -0.4 is 4.74 Å². The maximum Gasteiger partial charge on any atom is 0.255 e. The predicted molar refractivity (Wildman–Crippen MR) is 113 cm³/mol. The number of carbonyl (C=O) groups excluding carboxylic acids is 1. The van der Waals surface area contributed by atoms with Crippen LogP contribution in [0.3, 0.4) is 0 Å². The molecule has 29 heavy (non-hydrogen) atoms. The van der Waals surface area contributed by atoms with Gasteiger partial charge in [0, 0.05) is 32.2 Å². The van der Waals surface area contributed by atoms with Crippen LogP contribution in [-0.2, 0) is 17.6 Å². The van der Waals surface area contributed by atoms with Crippen molar-refractivity contribution in [2.24, 2.45) is 0 Å². The van der Waals surface area contributed by atoms with Crippen LogP contribution in [0.25, 0.3) is 0 Å². The van der Waals surface area contributed by atoms with Crippen molar-refractivity contribution in [3.63, 3.8) is 0 Å². The van der Waals surface area contributed by atoms with Gasteiger partial charge in [0.25, 0.3) is 5.91 Å². The number of rotatable bonds is 5. The van der Waals surface area contributed by atoms with Gasteiger partial charge in [-0.2, -0.15) is 0 Å². The summed E-state index contributed by atoms with van der Waals surface area (Å²) in [6.07, 6.45) is 2.00. The molecule has 1 amide bonds. The lowest BCUT2D eigenvalue weighted by atomic mass is 10.1. The van der Waals surface area contributed by atoms with Crippen molar-refractivity contribution in [3.05, 3.63) is 65.2 Å². The minimum Gasteiger partial charge on any atom is -0.490 e. The van der Waals surface area contributed by atoms with Gasteiger partial charge in [0.1, 0.15) is 12.4 Å². The molecule has 1 aliphatic carbocycles. The molecule has 1 atom stereocenters. The number of hydrogen-bond acceptors (Lipinski definition) is 4. The molecule has 0 spiro atoms. The summed E-state index contributed by atoms with van der Waals surface area (Å²) in [5, 5.41) is 10.4. The highest BCUT2D eigenvalue weighted by Crippen LogP contribution is 2.26. The van der Waals surface area contributed by atoms with E-state index in [-0.39, 0.29) is 12.5 Å². The van der Waals surface area contributed by atoms with Gasteiger partial charge in [-0.05, 0) is 48.9 Å². The number of amides is 1. The van der Waals surface area contributed by atoms with Gasteiger partial charge >= 0.3 is 0 Å². The first-order valence-corrected chi connectivity index (χ1v) is 10.6. The Morgan fingerprint density at radius 2 is 1.72 bits per heavy atom. The van der Waals surface area contributed by atoms with E-state index in [2.05, 4.69) is 29.2 Å². The smallest absolute Gasteiger partial charge is 0.255 e. The summed E-state index contributed by atoms with van der Waals surface area (Å²) in [6, 6.07) is 16.9. The van der Waals surface area contributed by atoms with Crippen molar-refractivity contribution in [1.29, 1.82) is 0 Å². The molecule has 0 radical (unpaired) electrons.